The van der Waals surface area contributed by atoms with E-state index < -0.39 is 12.2 Å². The van der Waals surface area contributed by atoms with Crippen molar-refractivity contribution in [2.45, 2.75) is 69.5 Å². The Hall–Kier alpha value is -1.76. The number of amides is 2. The van der Waals surface area contributed by atoms with Gasteiger partial charge in [0.2, 0.25) is 5.91 Å². The van der Waals surface area contributed by atoms with Gasteiger partial charge in [-0.25, -0.2) is 4.79 Å². The van der Waals surface area contributed by atoms with Crippen LogP contribution in [0.4, 0.5) is 4.79 Å². The lowest BCUT2D eigenvalue weighted by atomic mass is 9.68. The second kappa shape index (κ2) is 12.5. The number of methoxy groups -OCH3 is 1. The Kier molecular flexibility index (Phi) is 9.91. The first-order valence-corrected chi connectivity index (χ1v) is 12.3. The van der Waals surface area contributed by atoms with E-state index in [0.717, 1.165) is 12.8 Å². The number of likely N-dealkylation sites (N-methyl/N-ethyl adjacent to an activating group) is 1. The van der Waals surface area contributed by atoms with Gasteiger partial charge in [-0.2, -0.15) is 5.48 Å². The monoisotopic (exact) mass is 499 g/mol. The third-order valence-electron chi connectivity index (χ3n) is 6.89. The molecule has 0 bridgehead atoms. The molecule has 200 valence electrons. The van der Waals surface area contributed by atoms with Gasteiger partial charge >= 0.3 is 6.09 Å². The van der Waals surface area contributed by atoms with Crippen molar-refractivity contribution < 1.29 is 38.1 Å². The molecule has 0 aromatic heterocycles. The number of hydroxylamine groups is 1. The maximum atomic E-state index is 12.4. The van der Waals surface area contributed by atoms with Gasteiger partial charge in [-0.05, 0) is 47.1 Å². The van der Waals surface area contributed by atoms with E-state index in [2.05, 4.69) is 43.0 Å². The van der Waals surface area contributed by atoms with Gasteiger partial charge in [-0.1, -0.05) is 11.6 Å². The van der Waals surface area contributed by atoms with Crippen molar-refractivity contribution in [3.63, 3.8) is 0 Å². The zero-order valence-corrected chi connectivity index (χ0v) is 21.5. The minimum absolute atomic E-state index is 0.0370. The molecule has 3 rings (SSSR count). The third kappa shape index (κ3) is 7.37. The minimum atomic E-state index is -0.675. The van der Waals surface area contributed by atoms with Crippen LogP contribution in [0.15, 0.2) is 11.6 Å². The maximum absolute atomic E-state index is 12.4. The van der Waals surface area contributed by atoms with Crippen molar-refractivity contribution in [2.75, 3.05) is 53.7 Å². The predicted octanol–water partition coefficient (Wildman–Crippen LogP) is 1.07. The lowest BCUT2D eigenvalue weighted by Gasteiger charge is -2.42. The summed E-state index contributed by atoms with van der Waals surface area (Å²) in [5, 5.41) is 5.47. The Morgan fingerprint density at radius 2 is 1.97 bits per heavy atom. The van der Waals surface area contributed by atoms with Crippen LogP contribution in [-0.4, -0.2) is 95.2 Å². The van der Waals surface area contributed by atoms with Gasteiger partial charge in [-0.3, -0.25) is 9.63 Å². The Morgan fingerprint density at radius 3 is 2.63 bits per heavy atom. The van der Waals surface area contributed by atoms with Crippen molar-refractivity contribution in [1.82, 2.24) is 16.1 Å². The van der Waals surface area contributed by atoms with Crippen LogP contribution in [-0.2, 0) is 33.3 Å². The third-order valence-corrected chi connectivity index (χ3v) is 6.89. The fraction of sp³-hybridized carbons (Fsp3) is 0.833. The molecule has 6 atom stereocenters. The van der Waals surface area contributed by atoms with Crippen LogP contribution in [0.2, 0.25) is 0 Å². The number of carbonyl (C=O) groups is 2. The Labute approximate surface area is 207 Å². The number of nitrogens with one attached hydrogen (secondary N) is 3. The summed E-state index contributed by atoms with van der Waals surface area (Å²) in [4.78, 5) is 28.8. The highest BCUT2D eigenvalue weighted by Gasteiger charge is 2.72. The molecule has 3 fully saturated rings. The Bertz CT molecular complexity index is 755. The van der Waals surface area contributed by atoms with Crippen molar-refractivity contribution in [3.05, 3.63) is 11.6 Å². The van der Waals surface area contributed by atoms with Crippen LogP contribution in [0.1, 0.15) is 40.0 Å². The van der Waals surface area contributed by atoms with Crippen molar-refractivity contribution in [2.24, 2.45) is 5.92 Å². The lowest BCUT2D eigenvalue weighted by molar-refractivity contribution is -0.123. The summed E-state index contributed by atoms with van der Waals surface area (Å²) in [6, 6.07) is 0. The van der Waals surface area contributed by atoms with E-state index in [1.54, 1.807) is 14.2 Å². The number of epoxide rings is 2. The molecule has 0 aromatic rings. The number of rotatable bonds is 14. The molecule has 0 radical (unpaired) electrons. The highest BCUT2D eigenvalue weighted by Crippen LogP contribution is 2.59. The molecule has 1 aliphatic carbocycles. The van der Waals surface area contributed by atoms with E-state index in [1.807, 2.05) is 0 Å². The van der Waals surface area contributed by atoms with E-state index in [0.29, 0.717) is 26.2 Å². The summed E-state index contributed by atoms with van der Waals surface area (Å²) in [6.07, 6.45) is 3.07. The summed E-state index contributed by atoms with van der Waals surface area (Å²) < 4.78 is 29.0. The topological polar surface area (TPSA) is 132 Å². The molecule has 11 heteroatoms. The quantitative estimate of drug-likeness (QED) is 0.139. The molecular weight excluding hydrogens is 458 g/mol. The summed E-state index contributed by atoms with van der Waals surface area (Å²) in [7, 11) is 3.34. The van der Waals surface area contributed by atoms with Crippen LogP contribution in [0.25, 0.3) is 0 Å². The van der Waals surface area contributed by atoms with E-state index in [-0.39, 0.29) is 55.0 Å². The maximum Gasteiger partial charge on any atom is 0.431 e. The number of hydrogen-bond acceptors (Lipinski definition) is 9. The van der Waals surface area contributed by atoms with Gasteiger partial charge in [0.25, 0.3) is 0 Å². The molecule has 1 saturated carbocycles. The van der Waals surface area contributed by atoms with Crippen molar-refractivity contribution in [1.29, 1.82) is 0 Å². The van der Waals surface area contributed by atoms with Gasteiger partial charge < -0.3 is 34.3 Å². The first kappa shape index (κ1) is 27.8. The van der Waals surface area contributed by atoms with Gasteiger partial charge in [-0.15, -0.1) is 0 Å². The molecule has 2 heterocycles. The average Bonchev–Trinajstić information content (AvgIpc) is 3.72. The molecule has 3 N–H and O–H groups in total. The average molecular weight is 500 g/mol. The minimum Gasteiger partial charge on any atom is -0.442 e. The molecule has 4 unspecified atom stereocenters. The lowest BCUT2D eigenvalue weighted by Crippen LogP contribution is -2.56. The molecule has 2 aliphatic heterocycles. The van der Waals surface area contributed by atoms with Crippen LogP contribution >= 0.6 is 0 Å². The van der Waals surface area contributed by atoms with Crippen LogP contribution in [0.3, 0.4) is 0 Å². The Balaban J connectivity index is 1.40. The van der Waals surface area contributed by atoms with E-state index in [9.17, 15) is 9.59 Å². The first-order valence-electron chi connectivity index (χ1n) is 12.3. The van der Waals surface area contributed by atoms with Gasteiger partial charge in [0.05, 0.1) is 45.0 Å². The second-order valence-corrected chi connectivity index (χ2v) is 9.76. The first-order chi connectivity index (χ1) is 16.8. The standard InChI is InChI=1S/C24H41N3O8/c1-16(2)6-7-18-23(3,35-18)21-20(30-5)17(8-9-24(21)15-32-24)34-22(29)27-33-13-12-31-11-10-26-19(28)14-25-4/h6,17-18,20-21,25H,7-15H2,1-5H3,(H,26,28)(H,27,29)/t17?,18-,20?,21?,23?,24+/m1/s1. The molecule has 11 nitrogen and oxygen atoms in total. The fourth-order valence-corrected chi connectivity index (χ4v) is 5.03. The molecular formula is C24H41N3O8. The van der Waals surface area contributed by atoms with E-state index in [4.69, 9.17) is 28.5 Å². The fourth-order valence-electron chi connectivity index (χ4n) is 5.03. The SMILES string of the molecule is CNCC(=O)NCCOCCONC(=O)OC1CC[C@]2(CO2)C(C2(C)O[C@@H]2CC=C(C)C)C1OC. The van der Waals surface area contributed by atoms with Gasteiger partial charge in [0, 0.05) is 13.7 Å². The normalized spacial score (nSPS) is 33.2. The molecule has 35 heavy (non-hydrogen) atoms. The van der Waals surface area contributed by atoms with Gasteiger partial charge in [0.1, 0.15) is 23.4 Å². The molecule has 3 aliphatic rings. The van der Waals surface area contributed by atoms with E-state index >= 15 is 0 Å². The molecule has 2 amide bonds. The van der Waals surface area contributed by atoms with Crippen LogP contribution in [0.5, 0.6) is 0 Å². The van der Waals surface area contributed by atoms with Crippen molar-refractivity contribution in [3.8, 4) is 0 Å². The molecule has 2 saturated heterocycles. The molecule has 1 spiro atoms. The number of ether oxygens (including phenoxy) is 5. The van der Waals surface area contributed by atoms with Gasteiger partial charge in [0.15, 0.2) is 0 Å². The highest BCUT2D eigenvalue weighted by molar-refractivity contribution is 5.77. The van der Waals surface area contributed by atoms with Crippen LogP contribution in [0, 0.1) is 5.92 Å². The van der Waals surface area contributed by atoms with Crippen molar-refractivity contribution >= 4 is 12.0 Å². The summed E-state index contributed by atoms with van der Waals surface area (Å²) >= 11 is 0. The Morgan fingerprint density at radius 1 is 1.20 bits per heavy atom. The molecule has 0 aromatic carbocycles. The predicted molar refractivity (Wildman–Crippen MR) is 127 cm³/mol. The zero-order valence-electron chi connectivity index (χ0n) is 21.5. The number of carbonyl (C=O) groups excluding carboxylic acids is 2. The summed E-state index contributed by atoms with van der Waals surface area (Å²) in [6.45, 7) is 8.35. The summed E-state index contributed by atoms with van der Waals surface area (Å²) in [5.74, 6) is -0.133. The largest absolute Gasteiger partial charge is 0.442 e. The summed E-state index contributed by atoms with van der Waals surface area (Å²) in [5.41, 5.74) is 2.90. The number of allylic oxidation sites excluding steroid dienone is 1. The van der Waals surface area contributed by atoms with Crippen LogP contribution < -0.4 is 16.1 Å². The highest BCUT2D eigenvalue weighted by atomic mass is 16.7. The smallest absolute Gasteiger partial charge is 0.431 e. The number of hydrogen-bond donors (Lipinski definition) is 3. The second-order valence-electron chi connectivity index (χ2n) is 9.76. The van der Waals surface area contributed by atoms with E-state index in [1.165, 1.54) is 5.57 Å². The zero-order chi connectivity index (χ0) is 25.5.